The fourth-order valence-corrected chi connectivity index (χ4v) is 2.88. The van der Waals surface area contributed by atoms with Crippen LogP contribution < -0.4 is 10.6 Å². The highest BCUT2D eigenvalue weighted by atomic mass is 15.3. The first kappa shape index (κ1) is 13.9. The topological polar surface area (TPSA) is 45.4 Å². The second kappa shape index (κ2) is 6.14. The predicted molar refractivity (Wildman–Crippen MR) is 87.3 cm³/mol. The number of benzene rings is 1. The summed E-state index contributed by atoms with van der Waals surface area (Å²) in [5, 5.41) is 0. The van der Waals surface area contributed by atoms with Gasteiger partial charge in [0.1, 0.15) is 0 Å². The van der Waals surface area contributed by atoms with E-state index in [4.69, 9.17) is 5.73 Å². The smallest absolute Gasteiger partial charge is 0.0600 e. The predicted octanol–water partition coefficient (Wildman–Crippen LogP) is 2.29. The van der Waals surface area contributed by atoms with Crippen molar-refractivity contribution in [3.05, 3.63) is 53.9 Å². The lowest BCUT2D eigenvalue weighted by Gasteiger charge is -2.36. The molecule has 2 aromatic rings. The Labute approximate surface area is 126 Å². The summed E-state index contributed by atoms with van der Waals surface area (Å²) in [6, 6.07) is 10.3. The standard InChI is InChI=1S/C17H22N4/c1-14-10-15(12-19-11-14)13-20-6-8-21(9-7-20)17-5-3-2-4-16(17)18/h2-5,10-12H,6-9,13,18H2,1H3. The van der Waals surface area contributed by atoms with Gasteiger partial charge in [-0.1, -0.05) is 18.2 Å². The van der Waals surface area contributed by atoms with E-state index in [9.17, 15) is 0 Å². The van der Waals surface area contributed by atoms with Crippen LogP contribution in [0.5, 0.6) is 0 Å². The molecule has 1 fully saturated rings. The zero-order valence-electron chi connectivity index (χ0n) is 12.5. The summed E-state index contributed by atoms with van der Waals surface area (Å²) in [6.07, 6.45) is 3.87. The van der Waals surface area contributed by atoms with E-state index in [1.54, 1.807) is 0 Å². The fraction of sp³-hybridized carbons (Fsp3) is 0.353. The average Bonchev–Trinajstić information content (AvgIpc) is 2.49. The molecule has 0 saturated carbocycles. The lowest BCUT2D eigenvalue weighted by molar-refractivity contribution is 0.249. The van der Waals surface area contributed by atoms with Gasteiger partial charge in [-0.25, -0.2) is 0 Å². The molecule has 3 rings (SSSR count). The van der Waals surface area contributed by atoms with E-state index in [1.165, 1.54) is 11.1 Å². The third-order valence-corrected chi connectivity index (χ3v) is 3.99. The summed E-state index contributed by atoms with van der Waals surface area (Å²) in [7, 11) is 0. The number of nitrogens with zero attached hydrogens (tertiary/aromatic N) is 3. The first-order valence-electron chi connectivity index (χ1n) is 7.45. The zero-order valence-corrected chi connectivity index (χ0v) is 12.5. The van der Waals surface area contributed by atoms with E-state index < -0.39 is 0 Å². The quantitative estimate of drug-likeness (QED) is 0.877. The van der Waals surface area contributed by atoms with Crippen molar-refractivity contribution >= 4 is 11.4 Å². The molecule has 0 amide bonds. The number of hydrogen-bond donors (Lipinski definition) is 1. The number of piperazine rings is 1. The molecule has 4 heteroatoms. The SMILES string of the molecule is Cc1cncc(CN2CCN(c3ccccc3N)CC2)c1. The average molecular weight is 282 g/mol. The number of anilines is 2. The Morgan fingerprint density at radius 1 is 1.10 bits per heavy atom. The molecule has 1 aliphatic heterocycles. The largest absolute Gasteiger partial charge is 0.397 e. The fourth-order valence-electron chi connectivity index (χ4n) is 2.88. The summed E-state index contributed by atoms with van der Waals surface area (Å²) in [5.74, 6) is 0. The van der Waals surface area contributed by atoms with Crippen molar-refractivity contribution < 1.29 is 0 Å². The Bertz CT molecular complexity index is 603. The monoisotopic (exact) mass is 282 g/mol. The van der Waals surface area contributed by atoms with Crippen LogP contribution in [0.3, 0.4) is 0 Å². The molecule has 0 radical (unpaired) electrons. The highest BCUT2D eigenvalue weighted by Gasteiger charge is 2.18. The molecule has 0 atom stereocenters. The minimum atomic E-state index is 0.869. The number of rotatable bonds is 3. The van der Waals surface area contributed by atoms with Crippen molar-refractivity contribution in [2.24, 2.45) is 0 Å². The van der Waals surface area contributed by atoms with Gasteiger partial charge in [0.2, 0.25) is 0 Å². The maximum Gasteiger partial charge on any atom is 0.0600 e. The van der Waals surface area contributed by atoms with Gasteiger partial charge in [-0.15, -0.1) is 0 Å². The van der Waals surface area contributed by atoms with Crippen LogP contribution in [0.25, 0.3) is 0 Å². The highest BCUT2D eigenvalue weighted by Crippen LogP contribution is 2.23. The van der Waals surface area contributed by atoms with E-state index in [-0.39, 0.29) is 0 Å². The highest BCUT2D eigenvalue weighted by molar-refractivity contribution is 5.67. The Kier molecular flexibility index (Phi) is 4.06. The van der Waals surface area contributed by atoms with Crippen LogP contribution in [-0.4, -0.2) is 36.1 Å². The normalized spacial score (nSPS) is 16.1. The van der Waals surface area contributed by atoms with Crippen molar-refractivity contribution in [1.82, 2.24) is 9.88 Å². The van der Waals surface area contributed by atoms with Gasteiger partial charge < -0.3 is 10.6 Å². The van der Waals surface area contributed by atoms with Crippen LogP contribution in [0.2, 0.25) is 0 Å². The van der Waals surface area contributed by atoms with E-state index in [2.05, 4.69) is 39.9 Å². The van der Waals surface area contributed by atoms with Gasteiger partial charge in [-0.3, -0.25) is 9.88 Å². The van der Waals surface area contributed by atoms with Gasteiger partial charge in [0.05, 0.1) is 11.4 Å². The molecule has 0 aliphatic carbocycles. The van der Waals surface area contributed by atoms with Crippen molar-refractivity contribution in [1.29, 1.82) is 0 Å². The van der Waals surface area contributed by atoms with Crippen LogP contribution in [0, 0.1) is 6.92 Å². The summed E-state index contributed by atoms with van der Waals surface area (Å²) < 4.78 is 0. The van der Waals surface area contributed by atoms with Crippen LogP contribution in [0.1, 0.15) is 11.1 Å². The van der Waals surface area contributed by atoms with Gasteiger partial charge >= 0.3 is 0 Å². The first-order valence-corrected chi connectivity index (χ1v) is 7.45. The van der Waals surface area contributed by atoms with E-state index in [1.807, 2.05) is 24.5 Å². The third-order valence-electron chi connectivity index (χ3n) is 3.99. The van der Waals surface area contributed by atoms with E-state index in [0.29, 0.717) is 0 Å². The number of aryl methyl sites for hydroxylation is 1. The molecule has 21 heavy (non-hydrogen) atoms. The van der Waals surface area contributed by atoms with Crippen molar-refractivity contribution in [3.63, 3.8) is 0 Å². The second-order valence-corrected chi connectivity index (χ2v) is 5.69. The second-order valence-electron chi connectivity index (χ2n) is 5.69. The summed E-state index contributed by atoms with van der Waals surface area (Å²) in [6.45, 7) is 7.23. The minimum absolute atomic E-state index is 0.869. The Balaban J connectivity index is 1.59. The molecule has 1 aliphatic rings. The van der Waals surface area contributed by atoms with Crippen molar-refractivity contribution in [3.8, 4) is 0 Å². The summed E-state index contributed by atoms with van der Waals surface area (Å²) >= 11 is 0. The molecular weight excluding hydrogens is 260 g/mol. The van der Waals surface area contributed by atoms with E-state index >= 15 is 0 Å². The van der Waals surface area contributed by atoms with Crippen LogP contribution in [-0.2, 0) is 6.54 Å². The number of pyridine rings is 1. The number of aromatic nitrogens is 1. The first-order chi connectivity index (χ1) is 10.2. The molecule has 0 spiro atoms. The molecule has 2 N–H and O–H groups in total. The molecule has 1 saturated heterocycles. The third kappa shape index (κ3) is 3.34. The molecule has 4 nitrogen and oxygen atoms in total. The van der Waals surface area contributed by atoms with Gasteiger partial charge in [0.25, 0.3) is 0 Å². The lowest BCUT2D eigenvalue weighted by Crippen LogP contribution is -2.46. The molecule has 0 unspecified atom stereocenters. The minimum Gasteiger partial charge on any atom is -0.397 e. The molecule has 0 bridgehead atoms. The molecule has 2 heterocycles. The number of para-hydroxylation sites is 2. The molecular formula is C17H22N4. The Morgan fingerprint density at radius 2 is 1.86 bits per heavy atom. The van der Waals surface area contributed by atoms with Gasteiger partial charge in [-0.2, -0.15) is 0 Å². The Hall–Kier alpha value is -2.07. The lowest BCUT2D eigenvalue weighted by atomic mass is 10.2. The Morgan fingerprint density at radius 3 is 2.57 bits per heavy atom. The van der Waals surface area contributed by atoms with Crippen LogP contribution in [0.15, 0.2) is 42.7 Å². The number of hydrogen-bond acceptors (Lipinski definition) is 4. The van der Waals surface area contributed by atoms with E-state index in [0.717, 1.165) is 44.1 Å². The molecule has 1 aromatic carbocycles. The summed E-state index contributed by atoms with van der Waals surface area (Å²) in [4.78, 5) is 9.12. The molecule has 110 valence electrons. The zero-order chi connectivity index (χ0) is 14.7. The van der Waals surface area contributed by atoms with Gasteiger partial charge in [0, 0.05) is 45.1 Å². The van der Waals surface area contributed by atoms with Crippen molar-refractivity contribution in [2.75, 3.05) is 36.8 Å². The maximum atomic E-state index is 6.06. The van der Waals surface area contributed by atoms with Crippen molar-refractivity contribution in [2.45, 2.75) is 13.5 Å². The van der Waals surface area contributed by atoms with Gasteiger partial charge in [-0.05, 0) is 30.2 Å². The maximum absolute atomic E-state index is 6.06. The number of nitrogens with two attached hydrogens (primary N) is 1. The van der Waals surface area contributed by atoms with Crippen LogP contribution in [0.4, 0.5) is 11.4 Å². The van der Waals surface area contributed by atoms with Gasteiger partial charge in [0.15, 0.2) is 0 Å². The number of nitrogen functional groups attached to an aromatic ring is 1. The van der Waals surface area contributed by atoms with Crippen LogP contribution >= 0.6 is 0 Å². The molecule has 1 aromatic heterocycles. The summed E-state index contributed by atoms with van der Waals surface area (Å²) in [5.41, 5.74) is 10.6.